The van der Waals surface area contributed by atoms with Gasteiger partial charge in [-0.3, -0.25) is 0 Å². The van der Waals surface area contributed by atoms with Gasteiger partial charge >= 0.3 is 23.9 Å². The van der Waals surface area contributed by atoms with E-state index >= 15 is 0 Å². The average molecular weight is 737 g/mol. The van der Waals surface area contributed by atoms with E-state index in [1.54, 1.807) is 0 Å². The van der Waals surface area contributed by atoms with Crippen LogP contribution in [0.3, 0.4) is 0 Å². The summed E-state index contributed by atoms with van der Waals surface area (Å²) in [5, 5.41) is 132. The topological polar surface area (TPSA) is 405 Å². The summed E-state index contributed by atoms with van der Waals surface area (Å²) in [6.45, 7) is 0. The molecule has 0 aromatic rings. The van der Waals surface area contributed by atoms with Gasteiger partial charge in [0.15, 0.2) is 49.6 Å². The number of aliphatic hydroxyl groups excluding tert-OH is 9. The first-order valence-electron chi connectivity index (χ1n) is 14.5. The van der Waals surface area contributed by atoms with Crippen molar-refractivity contribution in [2.45, 2.75) is 123 Å². The summed E-state index contributed by atoms with van der Waals surface area (Å²) in [6, 6.07) is 0. The fraction of sp³-hybridized carbons (Fsp3) is 0.840. The lowest BCUT2D eigenvalue weighted by Crippen LogP contribution is -2.68. The molecule has 0 aliphatic carbocycles. The van der Waals surface area contributed by atoms with Gasteiger partial charge in [-0.05, 0) is 0 Å². The molecule has 0 aromatic carbocycles. The molecule has 25 nitrogen and oxygen atoms in total. The Morgan fingerprint density at radius 2 is 0.660 bits per heavy atom. The van der Waals surface area contributed by atoms with Crippen LogP contribution in [-0.4, -0.2) is 220 Å². The number of hydrogen-bond donors (Lipinski definition) is 13. The SMILES string of the molecule is COC1C(C(=O)O)OC(OC2C(O)C(O)C(O[C@H]3C(C(=O)O)OC(OC4C(C(=O)O)OC(O)[C@H](O)C4O)C(O)[C@H]3O)O[C@H]2C(=O)O)C(O)[C@@H]1O. The van der Waals surface area contributed by atoms with Crippen molar-refractivity contribution >= 4 is 23.9 Å². The van der Waals surface area contributed by atoms with E-state index in [1.165, 1.54) is 0 Å². The third-order valence-corrected chi connectivity index (χ3v) is 8.32. The molecule has 13 N–H and O–H groups in total. The maximum absolute atomic E-state index is 12.1. The molecule has 0 aromatic heterocycles. The van der Waals surface area contributed by atoms with Crippen LogP contribution in [0, 0.1) is 0 Å². The second kappa shape index (κ2) is 15.8. The minimum atomic E-state index is -2.42. The smallest absolute Gasteiger partial charge is 0.335 e. The predicted molar refractivity (Wildman–Crippen MR) is 141 cm³/mol. The Hall–Kier alpha value is -2.80. The molecule has 0 saturated carbocycles. The molecule has 4 heterocycles. The van der Waals surface area contributed by atoms with Crippen LogP contribution in [0.2, 0.25) is 0 Å². The molecule has 286 valence electrons. The Bertz CT molecular complexity index is 1230. The lowest BCUT2D eigenvalue weighted by atomic mass is 9.95. The van der Waals surface area contributed by atoms with Gasteiger partial charge in [-0.1, -0.05) is 0 Å². The number of carboxylic acid groups (broad SMARTS) is 4. The van der Waals surface area contributed by atoms with E-state index in [4.69, 9.17) is 33.2 Å². The first-order valence-corrected chi connectivity index (χ1v) is 14.5. The standard InChI is InChI=1S/C25H36O25/c1-43-10-3(27)7(31)23(48-14(10)18(34)35)46-12-5(29)9(33)25(50-16(12)20(38)39)47-13-4(28)8(32)24(49-17(13)21(40)41)45-11-2(26)6(30)22(42)44-15(11)19(36)37/h2-17,22-33,42H,1H3,(H,34,35)(H,36,37)(H,38,39)(H,40,41)/t2?,3-,4+,5?,6+,7?,8?,9?,10?,11?,12?,13+,14?,15?,16+,17?,22?,23?,24?,25?/m0/s1. The summed E-state index contributed by atoms with van der Waals surface area (Å²) < 4.78 is 40.6. The maximum Gasteiger partial charge on any atom is 0.335 e. The van der Waals surface area contributed by atoms with Crippen LogP contribution >= 0.6 is 0 Å². The number of ether oxygens (including phenoxy) is 8. The summed E-state index contributed by atoms with van der Waals surface area (Å²) in [6.07, 6.45) is -44.4. The Kier molecular flexibility index (Phi) is 12.7. The lowest BCUT2D eigenvalue weighted by molar-refractivity contribution is -0.378. The molecule has 4 aliphatic rings. The van der Waals surface area contributed by atoms with Crippen LogP contribution in [0.15, 0.2) is 0 Å². The Balaban J connectivity index is 1.51. The number of rotatable bonds is 11. The van der Waals surface area contributed by atoms with Crippen molar-refractivity contribution in [1.82, 2.24) is 0 Å². The molecule has 0 bridgehead atoms. The third-order valence-electron chi connectivity index (χ3n) is 8.32. The second-order valence-electron chi connectivity index (χ2n) is 11.5. The number of methoxy groups -OCH3 is 1. The Morgan fingerprint density at radius 3 is 0.960 bits per heavy atom. The highest BCUT2D eigenvalue weighted by molar-refractivity contribution is 5.75. The zero-order chi connectivity index (χ0) is 37.5. The normalized spacial score (nSPS) is 48.4. The summed E-state index contributed by atoms with van der Waals surface area (Å²) in [7, 11) is 0.994. The zero-order valence-corrected chi connectivity index (χ0v) is 25.3. The van der Waals surface area contributed by atoms with Gasteiger partial charge in [-0.25, -0.2) is 19.2 Å². The van der Waals surface area contributed by atoms with E-state index in [-0.39, 0.29) is 0 Å². The van der Waals surface area contributed by atoms with E-state index in [1.807, 2.05) is 0 Å². The number of carboxylic acids is 4. The van der Waals surface area contributed by atoms with Gasteiger partial charge in [0.2, 0.25) is 0 Å². The van der Waals surface area contributed by atoms with Gasteiger partial charge in [0, 0.05) is 7.11 Å². The zero-order valence-electron chi connectivity index (χ0n) is 25.3. The van der Waals surface area contributed by atoms with Gasteiger partial charge in [0.05, 0.1) is 0 Å². The van der Waals surface area contributed by atoms with Gasteiger partial charge in [0.1, 0.15) is 73.2 Å². The molecule has 50 heavy (non-hydrogen) atoms. The maximum atomic E-state index is 12.1. The minimum absolute atomic E-state index is 0.994. The quantitative estimate of drug-likeness (QED) is 0.0936. The predicted octanol–water partition coefficient (Wildman–Crippen LogP) is -8.73. The molecule has 20 atom stereocenters. The highest BCUT2D eigenvalue weighted by atomic mass is 16.8. The first-order chi connectivity index (χ1) is 23.3. The number of carbonyl (C=O) groups is 4. The van der Waals surface area contributed by atoms with Crippen LogP contribution in [-0.2, 0) is 57.1 Å². The van der Waals surface area contributed by atoms with Crippen molar-refractivity contribution in [1.29, 1.82) is 0 Å². The van der Waals surface area contributed by atoms with E-state index in [9.17, 15) is 85.6 Å². The lowest BCUT2D eigenvalue weighted by Gasteiger charge is -2.47. The van der Waals surface area contributed by atoms with E-state index in [0.717, 1.165) is 7.11 Å². The molecule has 4 fully saturated rings. The van der Waals surface area contributed by atoms with Crippen LogP contribution in [0.1, 0.15) is 0 Å². The fourth-order valence-corrected chi connectivity index (χ4v) is 5.68. The minimum Gasteiger partial charge on any atom is -0.479 e. The molecular formula is C25H36O25. The van der Waals surface area contributed by atoms with Crippen LogP contribution < -0.4 is 0 Å². The van der Waals surface area contributed by atoms with Crippen LogP contribution in [0.5, 0.6) is 0 Å². The largest absolute Gasteiger partial charge is 0.479 e. The molecular weight excluding hydrogens is 700 g/mol. The van der Waals surface area contributed by atoms with Crippen molar-refractivity contribution < 1.29 is 123 Å². The van der Waals surface area contributed by atoms with Gasteiger partial charge < -0.3 is 104 Å². The van der Waals surface area contributed by atoms with Crippen molar-refractivity contribution in [3.63, 3.8) is 0 Å². The first kappa shape index (κ1) is 40.0. The molecule has 0 radical (unpaired) electrons. The van der Waals surface area contributed by atoms with Crippen LogP contribution in [0.25, 0.3) is 0 Å². The Labute approximate surface area is 277 Å². The highest BCUT2D eigenvalue weighted by Gasteiger charge is 2.58. The summed E-state index contributed by atoms with van der Waals surface area (Å²) in [4.78, 5) is 47.5. The molecule has 25 heteroatoms. The Morgan fingerprint density at radius 1 is 0.400 bits per heavy atom. The number of aliphatic carboxylic acids is 4. The number of hydrogen-bond acceptors (Lipinski definition) is 21. The van der Waals surface area contributed by atoms with E-state index in [0.29, 0.717) is 0 Å². The second-order valence-corrected chi connectivity index (χ2v) is 11.5. The fourth-order valence-electron chi connectivity index (χ4n) is 5.68. The third kappa shape index (κ3) is 7.68. The summed E-state index contributed by atoms with van der Waals surface area (Å²) >= 11 is 0. The van der Waals surface area contributed by atoms with Gasteiger partial charge in [0.25, 0.3) is 0 Å². The summed E-state index contributed by atoms with van der Waals surface area (Å²) in [5.74, 6) is -7.45. The molecule has 0 spiro atoms. The van der Waals surface area contributed by atoms with Crippen molar-refractivity contribution in [3.05, 3.63) is 0 Å². The van der Waals surface area contributed by atoms with Gasteiger partial charge in [-0.2, -0.15) is 0 Å². The van der Waals surface area contributed by atoms with Crippen molar-refractivity contribution in [3.8, 4) is 0 Å². The molecule has 4 aliphatic heterocycles. The van der Waals surface area contributed by atoms with Crippen molar-refractivity contribution in [2.75, 3.05) is 7.11 Å². The highest BCUT2D eigenvalue weighted by Crippen LogP contribution is 2.34. The summed E-state index contributed by atoms with van der Waals surface area (Å²) in [5.41, 5.74) is 0. The number of aliphatic hydroxyl groups is 9. The average Bonchev–Trinajstić information content (AvgIpc) is 3.05. The monoisotopic (exact) mass is 736 g/mol. The molecule has 4 rings (SSSR count). The van der Waals surface area contributed by atoms with E-state index < -0.39 is 147 Å². The van der Waals surface area contributed by atoms with Crippen molar-refractivity contribution in [2.24, 2.45) is 0 Å². The van der Waals surface area contributed by atoms with Crippen LogP contribution in [0.4, 0.5) is 0 Å². The molecule has 4 saturated heterocycles. The van der Waals surface area contributed by atoms with E-state index in [2.05, 4.69) is 4.74 Å². The molecule has 0 amide bonds. The van der Waals surface area contributed by atoms with Gasteiger partial charge in [-0.15, -0.1) is 0 Å². The molecule has 15 unspecified atom stereocenters.